The molecule has 1 saturated carbocycles. The van der Waals surface area contributed by atoms with Crippen molar-refractivity contribution in [1.29, 1.82) is 0 Å². The fraction of sp³-hybridized carbons (Fsp3) is 0.778. The van der Waals surface area contributed by atoms with Crippen LogP contribution in [-0.2, 0) is 4.79 Å². The van der Waals surface area contributed by atoms with E-state index in [1.807, 2.05) is 0 Å². The van der Waals surface area contributed by atoms with E-state index in [0.717, 1.165) is 12.8 Å². The molecule has 1 saturated heterocycles. The van der Waals surface area contributed by atoms with Gasteiger partial charge < -0.3 is 10.6 Å². The molecule has 3 nitrogen and oxygen atoms in total. The van der Waals surface area contributed by atoms with Crippen LogP contribution >= 0.6 is 12.2 Å². The Morgan fingerprint density at radius 3 is 3.00 bits per heavy atom. The van der Waals surface area contributed by atoms with Crippen LogP contribution in [0.3, 0.4) is 0 Å². The van der Waals surface area contributed by atoms with E-state index in [4.69, 9.17) is 12.2 Å². The maximum atomic E-state index is 11.6. The lowest BCUT2D eigenvalue weighted by Gasteiger charge is -2.39. The van der Waals surface area contributed by atoms with Crippen molar-refractivity contribution < 1.29 is 4.79 Å². The minimum atomic E-state index is 0.112. The quantitative estimate of drug-likeness (QED) is 0.566. The summed E-state index contributed by atoms with van der Waals surface area (Å²) in [6.45, 7) is 2.15. The lowest BCUT2D eigenvalue weighted by Crippen LogP contribution is -2.60. The summed E-state index contributed by atoms with van der Waals surface area (Å²) in [7, 11) is 0. The molecular formula is C9H14N2OS. The van der Waals surface area contributed by atoms with Gasteiger partial charge in [0.25, 0.3) is 0 Å². The third kappa shape index (κ3) is 1.55. The fourth-order valence-electron chi connectivity index (χ4n) is 2.42. The average Bonchev–Trinajstić information content (AvgIpc) is 2.02. The van der Waals surface area contributed by atoms with Crippen molar-refractivity contribution in [1.82, 2.24) is 10.6 Å². The Hall–Kier alpha value is -0.640. The lowest BCUT2D eigenvalue weighted by molar-refractivity contribution is -0.127. The maximum absolute atomic E-state index is 11.6. The number of carbonyl (C=O) groups is 1. The molecule has 3 atom stereocenters. The Bertz CT molecular complexity index is 254. The topological polar surface area (TPSA) is 41.1 Å². The Morgan fingerprint density at radius 1 is 1.46 bits per heavy atom. The van der Waals surface area contributed by atoms with Crippen LogP contribution in [0.25, 0.3) is 0 Å². The van der Waals surface area contributed by atoms with E-state index < -0.39 is 0 Å². The molecule has 2 N–H and O–H groups in total. The van der Waals surface area contributed by atoms with Gasteiger partial charge in [-0.05, 0) is 31.0 Å². The Morgan fingerprint density at radius 2 is 2.23 bits per heavy atom. The molecule has 1 amide bonds. The summed E-state index contributed by atoms with van der Waals surface area (Å²) >= 11 is 4.95. The lowest BCUT2D eigenvalue weighted by atomic mass is 9.75. The van der Waals surface area contributed by atoms with E-state index in [-0.39, 0.29) is 17.9 Å². The van der Waals surface area contributed by atoms with Gasteiger partial charge in [0.2, 0.25) is 5.91 Å². The monoisotopic (exact) mass is 198 g/mol. The second kappa shape index (κ2) is 3.25. The van der Waals surface area contributed by atoms with E-state index in [1.54, 1.807) is 0 Å². The van der Waals surface area contributed by atoms with Crippen LogP contribution in [0.4, 0.5) is 0 Å². The van der Waals surface area contributed by atoms with E-state index in [2.05, 4.69) is 17.6 Å². The number of fused-ring (bicyclic) bond motifs is 1. The molecule has 1 heterocycles. The summed E-state index contributed by atoms with van der Waals surface area (Å²) in [5.41, 5.74) is 0. The minimum absolute atomic E-state index is 0.112. The molecule has 1 aliphatic heterocycles. The van der Waals surface area contributed by atoms with Crippen LogP contribution in [0, 0.1) is 11.8 Å². The standard InChI is InChI=1S/C9H14N2OS/c1-5-3-2-4-6-7(5)8(12)11-9(13)10-6/h5-7H,2-4H2,1H3,(H2,10,11,12,13). The highest BCUT2D eigenvalue weighted by molar-refractivity contribution is 7.80. The SMILES string of the molecule is CC1CCCC2NC(=S)NC(=O)C12. The summed E-state index contributed by atoms with van der Waals surface area (Å²) in [6.07, 6.45) is 3.43. The van der Waals surface area contributed by atoms with Gasteiger partial charge >= 0.3 is 0 Å². The largest absolute Gasteiger partial charge is 0.359 e. The number of amides is 1. The molecule has 0 aromatic rings. The van der Waals surface area contributed by atoms with Crippen LogP contribution in [0.5, 0.6) is 0 Å². The second-order valence-corrected chi connectivity index (χ2v) is 4.41. The van der Waals surface area contributed by atoms with Crippen molar-refractivity contribution in [2.45, 2.75) is 32.2 Å². The Labute approximate surface area is 83.3 Å². The van der Waals surface area contributed by atoms with Gasteiger partial charge in [0.05, 0.1) is 5.92 Å². The van der Waals surface area contributed by atoms with Gasteiger partial charge in [-0.2, -0.15) is 0 Å². The highest BCUT2D eigenvalue weighted by Gasteiger charge is 2.39. The first-order chi connectivity index (χ1) is 6.18. The number of rotatable bonds is 0. The predicted octanol–water partition coefficient (Wildman–Crippen LogP) is 0.795. The summed E-state index contributed by atoms with van der Waals surface area (Å²) < 4.78 is 0. The molecule has 2 aliphatic rings. The molecule has 4 heteroatoms. The summed E-state index contributed by atoms with van der Waals surface area (Å²) in [5.74, 6) is 0.718. The first kappa shape index (κ1) is 8.94. The normalized spacial score (nSPS) is 39.0. The van der Waals surface area contributed by atoms with Gasteiger partial charge in [-0.25, -0.2) is 0 Å². The first-order valence-corrected chi connectivity index (χ1v) is 5.20. The summed E-state index contributed by atoms with van der Waals surface area (Å²) in [4.78, 5) is 11.6. The molecule has 0 bridgehead atoms. The van der Waals surface area contributed by atoms with Crippen LogP contribution in [-0.4, -0.2) is 17.1 Å². The van der Waals surface area contributed by atoms with Crippen LogP contribution in [0.15, 0.2) is 0 Å². The minimum Gasteiger partial charge on any atom is -0.359 e. The molecule has 0 radical (unpaired) electrons. The van der Waals surface area contributed by atoms with Crippen molar-refractivity contribution >= 4 is 23.2 Å². The molecule has 1 aliphatic carbocycles. The molecule has 0 aromatic carbocycles. The highest BCUT2D eigenvalue weighted by Crippen LogP contribution is 2.31. The molecule has 0 spiro atoms. The van der Waals surface area contributed by atoms with Crippen molar-refractivity contribution in [3.63, 3.8) is 0 Å². The number of carbonyl (C=O) groups excluding carboxylic acids is 1. The van der Waals surface area contributed by atoms with E-state index in [1.165, 1.54) is 6.42 Å². The number of nitrogens with one attached hydrogen (secondary N) is 2. The number of hydrogen-bond donors (Lipinski definition) is 2. The van der Waals surface area contributed by atoms with Crippen LogP contribution < -0.4 is 10.6 Å². The summed E-state index contributed by atoms with van der Waals surface area (Å²) in [6, 6.07) is 0.282. The van der Waals surface area contributed by atoms with Crippen molar-refractivity contribution in [3.8, 4) is 0 Å². The predicted molar refractivity (Wildman–Crippen MR) is 54.2 cm³/mol. The van der Waals surface area contributed by atoms with Gasteiger partial charge in [-0.3, -0.25) is 4.79 Å². The fourth-order valence-corrected chi connectivity index (χ4v) is 2.67. The van der Waals surface area contributed by atoms with Crippen LogP contribution in [0.1, 0.15) is 26.2 Å². The molecule has 13 heavy (non-hydrogen) atoms. The highest BCUT2D eigenvalue weighted by atomic mass is 32.1. The molecular weight excluding hydrogens is 184 g/mol. The van der Waals surface area contributed by atoms with Crippen LogP contribution in [0.2, 0.25) is 0 Å². The third-order valence-corrected chi connectivity index (χ3v) is 3.30. The number of thiocarbonyl (C=S) groups is 1. The number of hydrogen-bond acceptors (Lipinski definition) is 2. The van der Waals surface area contributed by atoms with Gasteiger partial charge in [0.1, 0.15) is 0 Å². The maximum Gasteiger partial charge on any atom is 0.231 e. The Kier molecular flexibility index (Phi) is 2.24. The molecule has 2 rings (SSSR count). The van der Waals surface area contributed by atoms with Crippen molar-refractivity contribution in [2.24, 2.45) is 11.8 Å². The Balaban J connectivity index is 2.17. The van der Waals surface area contributed by atoms with Gasteiger partial charge in [-0.15, -0.1) is 0 Å². The van der Waals surface area contributed by atoms with E-state index in [9.17, 15) is 4.79 Å². The smallest absolute Gasteiger partial charge is 0.231 e. The van der Waals surface area contributed by atoms with E-state index >= 15 is 0 Å². The van der Waals surface area contributed by atoms with Crippen molar-refractivity contribution in [2.75, 3.05) is 0 Å². The second-order valence-electron chi connectivity index (χ2n) is 4.00. The summed E-state index contributed by atoms with van der Waals surface area (Å²) in [5, 5.41) is 6.37. The van der Waals surface area contributed by atoms with Crippen molar-refractivity contribution in [3.05, 3.63) is 0 Å². The molecule has 72 valence electrons. The third-order valence-electron chi connectivity index (χ3n) is 3.08. The zero-order valence-corrected chi connectivity index (χ0v) is 8.49. The van der Waals surface area contributed by atoms with E-state index in [0.29, 0.717) is 11.0 Å². The van der Waals surface area contributed by atoms with Gasteiger partial charge in [0, 0.05) is 6.04 Å². The molecule has 0 aromatic heterocycles. The van der Waals surface area contributed by atoms with Gasteiger partial charge in [-0.1, -0.05) is 13.3 Å². The van der Waals surface area contributed by atoms with Gasteiger partial charge in [0.15, 0.2) is 5.11 Å². The molecule has 3 unspecified atom stereocenters. The first-order valence-electron chi connectivity index (χ1n) is 4.80. The molecule has 2 fully saturated rings. The zero-order chi connectivity index (χ0) is 9.42. The average molecular weight is 198 g/mol. The zero-order valence-electron chi connectivity index (χ0n) is 7.67.